The first-order valence-electron chi connectivity index (χ1n) is 6.90. The van der Waals surface area contributed by atoms with Crippen LogP contribution in [0.3, 0.4) is 0 Å². The Morgan fingerprint density at radius 3 is 2.18 bits per heavy atom. The van der Waals surface area contributed by atoms with Crippen LogP contribution in [-0.4, -0.2) is 37.5 Å². The van der Waals surface area contributed by atoms with Gasteiger partial charge >= 0.3 is 0 Å². The number of hydrogen-bond donors (Lipinski definition) is 1. The zero-order valence-corrected chi connectivity index (χ0v) is 11.3. The minimum absolute atomic E-state index is 0.272. The third kappa shape index (κ3) is 1.79. The Hall–Kier alpha value is -2.52. The Balaban J connectivity index is 2.27. The Bertz CT molecular complexity index is 637. The smallest absolute Gasteiger partial charge is 0.263 e. The van der Waals surface area contributed by atoms with Gasteiger partial charge < -0.3 is 5.21 Å². The first kappa shape index (κ1) is 14.4. The minimum atomic E-state index is -1.43. The van der Waals surface area contributed by atoms with Gasteiger partial charge in [-0.15, -0.1) is 0 Å². The molecule has 2 fully saturated rings. The molecule has 0 aliphatic heterocycles. The lowest BCUT2D eigenvalue weighted by Crippen LogP contribution is -2.61. The summed E-state index contributed by atoms with van der Waals surface area (Å²) < 4.78 is 0. The molecule has 3 aliphatic carbocycles. The maximum atomic E-state index is 12.4. The average molecular weight is 311 g/mol. The van der Waals surface area contributed by atoms with Gasteiger partial charge in [0.05, 0.1) is 11.0 Å². The summed E-state index contributed by atoms with van der Waals surface area (Å²) in [6, 6.07) is -1.43. The van der Waals surface area contributed by atoms with Crippen LogP contribution < -0.4 is 0 Å². The fourth-order valence-corrected chi connectivity index (χ4v) is 4.26. The molecule has 0 amide bonds. The topological polar surface area (TPSA) is 150 Å². The number of rotatable bonds is 2. The second kappa shape index (κ2) is 4.75. The second-order valence-corrected chi connectivity index (χ2v) is 5.90. The SMILES string of the molecule is O=C1[C@@H]2CCC[C@@H]1[C@H]1C(=[N+]([O-])O)C=C([N+](=O)[O-])[C@@H]2[C@@H]1[N+](=O)[O-]. The highest BCUT2D eigenvalue weighted by Crippen LogP contribution is 2.50. The van der Waals surface area contributed by atoms with Crippen molar-refractivity contribution in [3.05, 3.63) is 37.2 Å². The van der Waals surface area contributed by atoms with E-state index in [-0.39, 0.29) is 5.78 Å². The monoisotopic (exact) mass is 311 g/mol. The van der Waals surface area contributed by atoms with Crippen molar-refractivity contribution in [1.29, 1.82) is 0 Å². The molecule has 5 atom stereocenters. The van der Waals surface area contributed by atoms with Crippen molar-refractivity contribution in [1.82, 2.24) is 0 Å². The first-order valence-corrected chi connectivity index (χ1v) is 6.90. The van der Waals surface area contributed by atoms with Gasteiger partial charge in [-0.25, -0.2) is 0 Å². The standard InChI is InChI=1S/C12H13N3O7/c16-12-5-2-1-3-6(12)10-8(14(19)20)4-7(13(17)18)9(5)11(10)15(21)22/h4-6,9-11H,1-3H2,(H,17,18)/t5-,6-,9+,10-,11-/m1/s1. The number of nitrogens with zero attached hydrogens (tertiary/aromatic N) is 3. The van der Waals surface area contributed by atoms with E-state index < -0.39 is 55.9 Å². The maximum absolute atomic E-state index is 12.4. The van der Waals surface area contributed by atoms with E-state index in [1.807, 2.05) is 0 Å². The Kier molecular flexibility index (Phi) is 3.11. The Morgan fingerprint density at radius 1 is 1.09 bits per heavy atom. The van der Waals surface area contributed by atoms with Crippen LogP contribution in [0.1, 0.15) is 19.3 Å². The van der Waals surface area contributed by atoms with Crippen LogP contribution in [0.25, 0.3) is 0 Å². The van der Waals surface area contributed by atoms with Crippen molar-refractivity contribution < 1.29 is 24.8 Å². The number of nitro groups is 2. The fraction of sp³-hybridized carbons (Fsp3) is 0.667. The Morgan fingerprint density at radius 2 is 1.68 bits per heavy atom. The maximum Gasteiger partial charge on any atom is 0.263 e. The van der Waals surface area contributed by atoms with Gasteiger partial charge in [-0.1, -0.05) is 6.42 Å². The number of ketones is 1. The second-order valence-electron chi connectivity index (χ2n) is 5.90. The Labute approximate surface area is 123 Å². The molecule has 0 aromatic carbocycles. The summed E-state index contributed by atoms with van der Waals surface area (Å²) in [6.45, 7) is 0. The highest BCUT2D eigenvalue weighted by Gasteiger charge is 2.66. The zero-order chi connectivity index (χ0) is 16.2. The van der Waals surface area contributed by atoms with Gasteiger partial charge in [0, 0.05) is 21.7 Å². The highest BCUT2D eigenvalue weighted by molar-refractivity contribution is 6.01. The van der Waals surface area contributed by atoms with Crippen LogP contribution in [0.15, 0.2) is 11.8 Å². The van der Waals surface area contributed by atoms with E-state index >= 15 is 0 Å². The predicted octanol–water partition coefficient (Wildman–Crippen LogP) is 0.378. The summed E-state index contributed by atoms with van der Waals surface area (Å²) in [7, 11) is 0. The lowest BCUT2D eigenvalue weighted by Gasteiger charge is -2.44. The van der Waals surface area contributed by atoms with Crippen molar-refractivity contribution in [2.24, 2.45) is 23.7 Å². The molecule has 3 rings (SSSR count). The number of carbonyl (C=O) groups excluding carboxylic acids is 1. The van der Waals surface area contributed by atoms with Crippen molar-refractivity contribution in [3.8, 4) is 0 Å². The van der Waals surface area contributed by atoms with Gasteiger partial charge in [0.25, 0.3) is 11.4 Å². The van der Waals surface area contributed by atoms with Crippen molar-refractivity contribution in [3.63, 3.8) is 0 Å². The quantitative estimate of drug-likeness (QED) is 0.335. The molecule has 0 spiro atoms. The van der Waals surface area contributed by atoms with E-state index in [1.165, 1.54) is 0 Å². The summed E-state index contributed by atoms with van der Waals surface area (Å²) in [5, 5.41) is 43.3. The molecule has 0 aromatic rings. The largest absolute Gasteiger partial charge is 0.417 e. The molecule has 0 radical (unpaired) electrons. The number of hydrogen-bond acceptors (Lipinski definition) is 7. The van der Waals surface area contributed by atoms with Crippen molar-refractivity contribution in [2.45, 2.75) is 25.3 Å². The molecule has 4 bridgehead atoms. The van der Waals surface area contributed by atoms with Crippen LogP contribution >= 0.6 is 0 Å². The number of Topliss-reactive ketones (excluding diaryl/α,β-unsaturated/α-hetero) is 1. The molecular formula is C12H13N3O7. The highest BCUT2D eigenvalue weighted by atomic mass is 16.8. The van der Waals surface area contributed by atoms with Gasteiger partial charge in [0.2, 0.25) is 6.04 Å². The third-order valence-electron chi connectivity index (χ3n) is 5.02. The van der Waals surface area contributed by atoms with Gasteiger partial charge in [-0.3, -0.25) is 30.2 Å². The van der Waals surface area contributed by atoms with E-state index in [2.05, 4.69) is 0 Å². The van der Waals surface area contributed by atoms with Crippen molar-refractivity contribution in [2.75, 3.05) is 0 Å². The van der Waals surface area contributed by atoms with E-state index in [0.29, 0.717) is 19.3 Å². The zero-order valence-electron chi connectivity index (χ0n) is 11.3. The average Bonchev–Trinajstić information content (AvgIpc) is 2.43. The summed E-state index contributed by atoms with van der Waals surface area (Å²) in [5.41, 5.74) is -1.01. The minimum Gasteiger partial charge on any atom is -0.417 e. The molecule has 0 saturated heterocycles. The van der Waals surface area contributed by atoms with Crippen LogP contribution in [0.2, 0.25) is 0 Å². The molecule has 0 heterocycles. The van der Waals surface area contributed by atoms with Gasteiger partial charge in [-0.05, 0) is 12.8 Å². The van der Waals surface area contributed by atoms with Crippen LogP contribution in [0.4, 0.5) is 0 Å². The molecule has 22 heavy (non-hydrogen) atoms. The predicted molar refractivity (Wildman–Crippen MR) is 69.1 cm³/mol. The molecule has 10 nitrogen and oxygen atoms in total. The lowest BCUT2D eigenvalue weighted by atomic mass is 9.55. The molecule has 10 heteroatoms. The summed E-state index contributed by atoms with van der Waals surface area (Å²) >= 11 is 0. The van der Waals surface area contributed by atoms with Gasteiger partial charge in [0.1, 0.15) is 17.6 Å². The summed E-state index contributed by atoms with van der Waals surface area (Å²) in [5.74, 6) is -4.04. The van der Waals surface area contributed by atoms with Gasteiger partial charge in [0.15, 0.2) is 0 Å². The molecule has 1 N–H and O–H groups in total. The lowest BCUT2D eigenvalue weighted by molar-refractivity contribution is -0.728. The van der Waals surface area contributed by atoms with E-state index in [1.54, 1.807) is 0 Å². The number of allylic oxidation sites excluding steroid dienone is 1. The summed E-state index contributed by atoms with van der Waals surface area (Å²) in [4.78, 5) is 33.1. The van der Waals surface area contributed by atoms with Crippen LogP contribution in [-0.2, 0) is 4.79 Å². The van der Waals surface area contributed by atoms with Gasteiger partial charge in [-0.2, -0.15) is 0 Å². The normalized spacial score (nSPS) is 39.0. The molecule has 0 unspecified atom stereocenters. The van der Waals surface area contributed by atoms with E-state index in [4.69, 9.17) is 0 Å². The first-order chi connectivity index (χ1) is 10.3. The van der Waals surface area contributed by atoms with Crippen LogP contribution in [0.5, 0.6) is 0 Å². The van der Waals surface area contributed by atoms with E-state index in [9.17, 15) is 35.4 Å². The number of fused-ring (bicyclic) bond motifs is 6. The van der Waals surface area contributed by atoms with E-state index in [0.717, 1.165) is 6.08 Å². The molecular weight excluding hydrogens is 298 g/mol. The molecule has 3 aliphatic rings. The number of carbonyl (C=O) groups is 1. The third-order valence-corrected chi connectivity index (χ3v) is 5.02. The molecule has 2 saturated carbocycles. The van der Waals surface area contributed by atoms with Crippen LogP contribution in [0, 0.1) is 49.1 Å². The van der Waals surface area contributed by atoms with Crippen molar-refractivity contribution >= 4 is 11.5 Å². The fourth-order valence-electron chi connectivity index (χ4n) is 4.26. The molecule has 118 valence electrons. The molecule has 0 aromatic heterocycles. The summed E-state index contributed by atoms with van der Waals surface area (Å²) in [6.07, 6.45) is 2.27.